The summed E-state index contributed by atoms with van der Waals surface area (Å²) in [7, 11) is 0. The third kappa shape index (κ3) is 3.67. The van der Waals surface area contributed by atoms with Crippen LogP contribution in [0.15, 0.2) is 59.8 Å². The number of benzene rings is 2. The molecule has 2 N–H and O–H groups in total. The van der Waals surface area contributed by atoms with Gasteiger partial charge in [-0.1, -0.05) is 47.6 Å². The van der Waals surface area contributed by atoms with Crippen LogP contribution in [0, 0.1) is 5.82 Å². The Hall–Kier alpha value is -2.20. The fraction of sp³-hybridized carbons (Fsp3) is 0.235. The standard InChI is InChI=1S/C17H17FN2O/c18-15-8-4-7-14(9-15)17-10-16(21-20-17)12-19-11-13-5-2-1-3-6-13/h1-9,16,19H,10-12H2/p+1/t16-/m1/s1. The second-order valence-corrected chi connectivity index (χ2v) is 5.19. The average molecular weight is 285 g/mol. The molecule has 0 spiro atoms. The van der Waals surface area contributed by atoms with E-state index in [1.54, 1.807) is 6.07 Å². The van der Waals surface area contributed by atoms with Gasteiger partial charge >= 0.3 is 0 Å². The molecule has 108 valence electrons. The van der Waals surface area contributed by atoms with Gasteiger partial charge in [0.1, 0.15) is 18.9 Å². The molecule has 1 aliphatic rings. The number of halogens is 1. The van der Waals surface area contributed by atoms with Crippen LogP contribution in [0.3, 0.4) is 0 Å². The Labute approximate surface area is 123 Å². The van der Waals surface area contributed by atoms with Crippen molar-refractivity contribution in [3.63, 3.8) is 0 Å². The van der Waals surface area contributed by atoms with E-state index in [2.05, 4.69) is 22.6 Å². The zero-order valence-corrected chi connectivity index (χ0v) is 11.7. The molecule has 3 rings (SSSR count). The van der Waals surface area contributed by atoms with E-state index < -0.39 is 0 Å². The lowest BCUT2D eigenvalue weighted by Gasteiger charge is -2.07. The third-order valence-electron chi connectivity index (χ3n) is 3.54. The first kappa shape index (κ1) is 13.8. The Kier molecular flexibility index (Phi) is 4.26. The van der Waals surface area contributed by atoms with E-state index in [9.17, 15) is 4.39 Å². The van der Waals surface area contributed by atoms with Crippen molar-refractivity contribution >= 4 is 5.71 Å². The van der Waals surface area contributed by atoms with Crippen LogP contribution < -0.4 is 5.32 Å². The molecule has 2 aromatic rings. The number of rotatable bonds is 5. The Bertz CT molecular complexity index is 628. The molecule has 0 amide bonds. The quantitative estimate of drug-likeness (QED) is 0.897. The molecule has 0 saturated carbocycles. The summed E-state index contributed by atoms with van der Waals surface area (Å²) >= 11 is 0. The van der Waals surface area contributed by atoms with E-state index in [0.717, 1.165) is 30.8 Å². The number of oxime groups is 1. The first-order valence-electron chi connectivity index (χ1n) is 7.15. The lowest BCUT2D eigenvalue weighted by molar-refractivity contribution is -0.676. The number of quaternary nitrogens is 1. The van der Waals surface area contributed by atoms with E-state index in [0.29, 0.717) is 0 Å². The van der Waals surface area contributed by atoms with Crippen molar-refractivity contribution in [1.29, 1.82) is 0 Å². The topological polar surface area (TPSA) is 38.2 Å². The summed E-state index contributed by atoms with van der Waals surface area (Å²) in [6.45, 7) is 1.77. The van der Waals surface area contributed by atoms with Crippen molar-refractivity contribution in [3.05, 3.63) is 71.5 Å². The molecule has 0 saturated heterocycles. The largest absolute Gasteiger partial charge is 0.386 e. The van der Waals surface area contributed by atoms with Crippen molar-refractivity contribution in [2.24, 2.45) is 5.16 Å². The van der Waals surface area contributed by atoms with Crippen LogP contribution in [0.4, 0.5) is 4.39 Å². The predicted octanol–water partition coefficient (Wildman–Crippen LogP) is 2.08. The smallest absolute Gasteiger partial charge is 0.181 e. The molecule has 0 radical (unpaired) electrons. The summed E-state index contributed by atoms with van der Waals surface area (Å²) in [5.41, 5.74) is 2.93. The lowest BCUT2D eigenvalue weighted by atomic mass is 10.0. The molecular formula is C17H18FN2O+. The molecule has 3 nitrogen and oxygen atoms in total. The molecule has 1 aliphatic heterocycles. The van der Waals surface area contributed by atoms with Crippen molar-refractivity contribution in [1.82, 2.24) is 0 Å². The lowest BCUT2D eigenvalue weighted by Crippen LogP contribution is -2.84. The van der Waals surface area contributed by atoms with Gasteiger partial charge in [0.2, 0.25) is 0 Å². The van der Waals surface area contributed by atoms with Crippen LogP contribution in [0.2, 0.25) is 0 Å². The molecular weight excluding hydrogens is 267 g/mol. The monoisotopic (exact) mass is 285 g/mol. The Morgan fingerprint density at radius 1 is 1.14 bits per heavy atom. The van der Waals surface area contributed by atoms with Crippen molar-refractivity contribution in [2.45, 2.75) is 19.1 Å². The average Bonchev–Trinajstić information content (AvgIpc) is 2.97. The molecule has 0 unspecified atom stereocenters. The normalized spacial score (nSPS) is 17.4. The highest BCUT2D eigenvalue weighted by Crippen LogP contribution is 2.16. The Morgan fingerprint density at radius 2 is 2.00 bits per heavy atom. The van der Waals surface area contributed by atoms with Gasteiger partial charge < -0.3 is 10.2 Å². The maximum atomic E-state index is 13.2. The fourth-order valence-corrected chi connectivity index (χ4v) is 2.44. The van der Waals surface area contributed by atoms with Gasteiger partial charge in [-0.3, -0.25) is 0 Å². The molecule has 0 aliphatic carbocycles. The molecule has 0 fully saturated rings. The molecule has 1 atom stereocenters. The van der Waals surface area contributed by atoms with E-state index in [1.807, 2.05) is 24.3 Å². The fourth-order valence-electron chi connectivity index (χ4n) is 2.44. The van der Waals surface area contributed by atoms with Crippen molar-refractivity contribution in [3.8, 4) is 0 Å². The molecule has 0 aromatic heterocycles. The highest BCUT2D eigenvalue weighted by molar-refractivity contribution is 6.01. The first-order valence-corrected chi connectivity index (χ1v) is 7.15. The number of nitrogens with zero attached hydrogens (tertiary/aromatic N) is 1. The summed E-state index contributed by atoms with van der Waals surface area (Å²) in [5, 5.41) is 6.30. The second-order valence-electron chi connectivity index (χ2n) is 5.19. The van der Waals surface area contributed by atoms with Gasteiger partial charge in [-0.05, 0) is 12.1 Å². The van der Waals surface area contributed by atoms with Gasteiger partial charge in [0, 0.05) is 17.5 Å². The van der Waals surface area contributed by atoms with E-state index in [1.165, 1.54) is 17.7 Å². The number of hydrogen-bond acceptors (Lipinski definition) is 2. The molecule has 2 aromatic carbocycles. The number of nitrogens with two attached hydrogens (primary N) is 1. The van der Waals surface area contributed by atoms with Crippen molar-refractivity contribution < 1.29 is 14.5 Å². The highest BCUT2D eigenvalue weighted by atomic mass is 19.1. The van der Waals surface area contributed by atoms with Crippen molar-refractivity contribution in [2.75, 3.05) is 6.54 Å². The Morgan fingerprint density at radius 3 is 2.81 bits per heavy atom. The second kappa shape index (κ2) is 6.50. The van der Waals surface area contributed by atoms with Gasteiger partial charge in [-0.25, -0.2) is 4.39 Å². The molecule has 21 heavy (non-hydrogen) atoms. The van der Waals surface area contributed by atoms with E-state index >= 15 is 0 Å². The van der Waals surface area contributed by atoms with Gasteiger partial charge in [0.25, 0.3) is 0 Å². The summed E-state index contributed by atoms with van der Waals surface area (Å²) < 4.78 is 13.2. The first-order chi connectivity index (χ1) is 10.3. The zero-order valence-electron chi connectivity index (χ0n) is 11.7. The van der Waals surface area contributed by atoms with Gasteiger partial charge in [-0.2, -0.15) is 0 Å². The van der Waals surface area contributed by atoms with Crippen LogP contribution in [0.25, 0.3) is 0 Å². The summed E-state index contributed by atoms with van der Waals surface area (Å²) in [5.74, 6) is -0.241. The predicted molar refractivity (Wildman–Crippen MR) is 79.4 cm³/mol. The van der Waals surface area contributed by atoms with Crippen LogP contribution in [0.1, 0.15) is 17.5 Å². The van der Waals surface area contributed by atoms with Gasteiger partial charge in [0.15, 0.2) is 6.10 Å². The van der Waals surface area contributed by atoms with Crippen LogP contribution in [0.5, 0.6) is 0 Å². The SMILES string of the molecule is Fc1cccc(C2=NO[C@@H](C[NH2+]Cc3ccccc3)C2)c1. The maximum absolute atomic E-state index is 13.2. The maximum Gasteiger partial charge on any atom is 0.181 e. The van der Waals surface area contributed by atoms with E-state index in [-0.39, 0.29) is 11.9 Å². The molecule has 0 bridgehead atoms. The molecule has 1 heterocycles. The minimum absolute atomic E-state index is 0.0620. The zero-order chi connectivity index (χ0) is 14.5. The minimum atomic E-state index is -0.241. The highest BCUT2D eigenvalue weighted by Gasteiger charge is 2.23. The van der Waals surface area contributed by atoms with Crippen LogP contribution >= 0.6 is 0 Å². The summed E-state index contributed by atoms with van der Waals surface area (Å²) in [6, 6.07) is 16.8. The molecule has 4 heteroatoms. The van der Waals surface area contributed by atoms with Crippen LogP contribution in [-0.4, -0.2) is 18.4 Å². The van der Waals surface area contributed by atoms with E-state index in [4.69, 9.17) is 4.84 Å². The summed E-state index contributed by atoms with van der Waals surface area (Å²) in [6.07, 6.45) is 0.793. The summed E-state index contributed by atoms with van der Waals surface area (Å²) in [4.78, 5) is 5.43. The van der Waals surface area contributed by atoms with Gasteiger partial charge in [0.05, 0.1) is 5.71 Å². The third-order valence-corrected chi connectivity index (χ3v) is 3.54. The Balaban J connectivity index is 1.48. The van der Waals surface area contributed by atoms with Crippen LogP contribution in [-0.2, 0) is 11.4 Å². The number of hydrogen-bond donors (Lipinski definition) is 1. The minimum Gasteiger partial charge on any atom is -0.386 e. The van der Waals surface area contributed by atoms with Gasteiger partial charge in [-0.15, -0.1) is 0 Å².